The zero-order valence-electron chi connectivity index (χ0n) is 10.2. The fraction of sp³-hybridized carbons (Fsp3) is 0.143. The molecule has 1 amide bonds. The summed E-state index contributed by atoms with van der Waals surface area (Å²) in [6, 6.07) is 10.7. The number of benzene rings is 1. The predicted octanol–water partition coefficient (Wildman–Crippen LogP) is 3.99. The summed E-state index contributed by atoms with van der Waals surface area (Å²) in [4.78, 5) is 16.1. The maximum absolute atomic E-state index is 12.1. The summed E-state index contributed by atoms with van der Waals surface area (Å²) in [6.45, 7) is 1.93. The van der Waals surface area contributed by atoms with Crippen molar-refractivity contribution in [3.05, 3.63) is 63.3 Å². The third-order valence-electron chi connectivity index (χ3n) is 2.71. The van der Waals surface area contributed by atoms with Crippen molar-refractivity contribution < 1.29 is 4.79 Å². The van der Waals surface area contributed by atoms with Crippen LogP contribution in [0.4, 0.5) is 0 Å². The van der Waals surface area contributed by atoms with Gasteiger partial charge in [0, 0.05) is 16.8 Å². The van der Waals surface area contributed by atoms with Gasteiger partial charge in [0.1, 0.15) is 4.60 Å². The van der Waals surface area contributed by atoms with Crippen LogP contribution in [0, 0.1) is 0 Å². The molecule has 1 aromatic heterocycles. The standard InChI is InChI=1S/C14H12BrClN2O/c1-9(10-2-4-12(16)5-3-10)18-14(19)11-6-7-17-13(15)8-11/h2-9H,1H3,(H,18,19). The maximum Gasteiger partial charge on any atom is 0.251 e. The first-order valence-corrected chi connectivity index (χ1v) is 6.91. The molecule has 5 heteroatoms. The van der Waals surface area contributed by atoms with E-state index < -0.39 is 0 Å². The third-order valence-corrected chi connectivity index (χ3v) is 3.39. The third kappa shape index (κ3) is 3.78. The highest BCUT2D eigenvalue weighted by atomic mass is 79.9. The molecule has 0 spiro atoms. The first-order valence-electron chi connectivity index (χ1n) is 5.74. The molecule has 0 aliphatic carbocycles. The molecule has 98 valence electrons. The fourth-order valence-corrected chi connectivity index (χ4v) is 2.15. The Labute approximate surface area is 125 Å². The van der Waals surface area contributed by atoms with Crippen LogP contribution >= 0.6 is 27.5 Å². The van der Waals surface area contributed by atoms with Crippen LogP contribution in [0.25, 0.3) is 0 Å². The molecule has 0 saturated heterocycles. The molecule has 3 nitrogen and oxygen atoms in total. The van der Waals surface area contributed by atoms with Gasteiger partial charge in [-0.2, -0.15) is 0 Å². The summed E-state index contributed by atoms with van der Waals surface area (Å²) >= 11 is 9.08. The number of rotatable bonds is 3. The molecule has 2 aromatic rings. The van der Waals surface area contributed by atoms with E-state index in [0.717, 1.165) is 5.56 Å². The van der Waals surface area contributed by atoms with Crippen molar-refractivity contribution >= 4 is 33.4 Å². The minimum absolute atomic E-state index is 0.0864. The van der Waals surface area contributed by atoms with Crippen LogP contribution in [0.2, 0.25) is 5.02 Å². The zero-order chi connectivity index (χ0) is 13.8. The normalized spacial score (nSPS) is 11.9. The summed E-state index contributed by atoms with van der Waals surface area (Å²) in [5, 5.41) is 3.61. The van der Waals surface area contributed by atoms with Crippen LogP contribution in [0.1, 0.15) is 28.9 Å². The summed E-state index contributed by atoms with van der Waals surface area (Å²) in [6.07, 6.45) is 1.59. The molecule has 0 fully saturated rings. The second kappa shape index (κ2) is 6.17. The van der Waals surface area contributed by atoms with Gasteiger partial charge in [-0.1, -0.05) is 23.7 Å². The van der Waals surface area contributed by atoms with E-state index in [2.05, 4.69) is 26.2 Å². The molecule has 1 aromatic carbocycles. The fourth-order valence-electron chi connectivity index (χ4n) is 1.66. The van der Waals surface area contributed by atoms with Gasteiger partial charge in [-0.15, -0.1) is 0 Å². The molecule has 1 N–H and O–H groups in total. The Kier molecular flexibility index (Phi) is 4.56. The lowest BCUT2D eigenvalue weighted by Crippen LogP contribution is -2.26. The monoisotopic (exact) mass is 338 g/mol. The van der Waals surface area contributed by atoms with Crippen molar-refractivity contribution in [3.63, 3.8) is 0 Å². The van der Waals surface area contributed by atoms with E-state index in [1.54, 1.807) is 18.3 Å². The SMILES string of the molecule is CC(NC(=O)c1ccnc(Br)c1)c1ccc(Cl)cc1. The van der Waals surface area contributed by atoms with Crippen LogP contribution in [0.3, 0.4) is 0 Å². The van der Waals surface area contributed by atoms with Crippen LogP contribution < -0.4 is 5.32 Å². The van der Waals surface area contributed by atoms with Gasteiger partial charge in [0.25, 0.3) is 5.91 Å². The second-order valence-electron chi connectivity index (χ2n) is 4.11. The van der Waals surface area contributed by atoms with E-state index >= 15 is 0 Å². The van der Waals surface area contributed by atoms with Gasteiger partial charge >= 0.3 is 0 Å². The zero-order valence-corrected chi connectivity index (χ0v) is 12.6. The summed E-state index contributed by atoms with van der Waals surface area (Å²) in [7, 11) is 0. The number of hydrogen-bond acceptors (Lipinski definition) is 2. The van der Waals surface area contributed by atoms with Crippen LogP contribution in [-0.2, 0) is 0 Å². The van der Waals surface area contributed by atoms with Gasteiger partial charge in [0.15, 0.2) is 0 Å². The summed E-state index contributed by atoms with van der Waals surface area (Å²) in [5.74, 6) is -0.134. The lowest BCUT2D eigenvalue weighted by Gasteiger charge is -2.14. The average Bonchev–Trinajstić information content (AvgIpc) is 2.39. The Morgan fingerprint density at radius 3 is 2.63 bits per heavy atom. The number of amides is 1. The molecule has 1 atom stereocenters. The maximum atomic E-state index is 12.1. The molecular formula is C14H12BrClN2O. The van der Waals surface area contributed by atoms with Gasteiger partial charge in [-0.25, -0.2) is 4.98 Å². The number of carbonyl (C=O) groups excluding carboxylic acids is 1. The number of nitrogens with one attached hydrogen (secondary N) is 1. The molecular weight excluding hydrogens is 328 g/mol. The summed E-state index contributed by atoms with van der Waals surface area (Å²) in [5.41, 5.74) is 1.58. The highest BCUT2D eigenvalue weighted by molar-refractivity contribution is 9.10. The van der Waals surface area contributed by atoms with Crippen molar-refractivity contribution in [2.75, 3.05) is 0 Å². The van der Waals surface area contributed by atoms with E-state index in [9.17, 15) is 4.79 Å². The summed E-state index contributed by atoms with van der Waals surface area (Å²) < 4.78 is 0.638. The highest BCUT2D eigenvalue weighted by Gasteiger charge is 2.11. The molecule has 0 bridgehead atoms. The molecule has 0 radical (unpaired) electrons. The lowest BCUT2D eigenvalue weighted by molar-refractivity contribution is 0.0939. The van der Waals surface area contributed by atoms with E-state index in [1.165, 1.54) is 0 Å². The van der Waals surface area contributed by atoms with Gasteiger partial charge in [0.05, 0.1) is 6.04 Å². The van der Waals surface area contributed by atoms with E-state index in [-0.39, 0.29) is 11.9 Å². The average molecular weight is 340 g/mol. The molecule has 0 aliphatic rings. The smallest absolute Gasteiger partial charge is 0.251 e. The quantitative estimate of drug-likeness (QED) is 0.859. The number of pyridine rings is 1. The minimum Gasteiger partial charge on any atom is -0.346 e. The van der Waals surface area contributed by atoms with Crippen LogP contribution in [0.15, 0.2) is 47.2 Å². The van der Waals surface area contributed by atoms with E-state index in [1.807, 2.05) is 31.2 Å². The van der Waals surface area contributed by atoms with Crippen molar-refractivity contribution in [1.29, 1.82) is 0 Å². The lowest BCUT2D eigenvalue weighted by atomic mass is 10.1. The number of aromatic nitrogens is 1. The van der Waals surface area contributed by atoms with E-state index in [4.69, 9.17) is 11.6 Å². The van der Waals surface area contributed by atoms with Crippen molar-refractivity contribution in [2.45, 2.75) is 13.0 Å². The Hall–Kier alpha value is -1.39. The molecule has 1 unspecified atom stereocenters. The topological polar surface area (TPSA) is 42.0 Å². The number of halogens is 2. The van der Waals surface area contributed by atoms with E-state index in [0.29, 0.717) is 15.2 Å². The van der Waals surface area contributed by atoms with Crippen LogP contribution in [-0.4, -0.2) is 10.9 Å². The minimum atomic E-state index is -0.134. The first-order chi connectivity index (χ1) is 9.06. The highest BCUT2D eigenvalue weighted by Crippen LogP contribution is 2.17. The van der Waals surface area contributed by atoms with Crippen LogP contribution in [0.5, 0.6) is 0 Å². The molecule has 19 heavy (non-hydrogen) atoms. The molecule has 1 heterocycles. The van der Waals surface area contributed by atoms with Gasteiger partial charge in [-0.3, -0.25) is 4.79 Å². The Balaban J connectivity index is 2.08. The number of hydrogen-bond donors (Lipinski definition) is 1. The van der Waals surface area contributed by atoms with Gasteiger partial charge in [0.2, 0.25) is 0 Å². The molecule has 0 saturated carbocycles. The van der Waals surface area contributed by atoms with Gasteiger partial charge < -0.3 is 5.32 Å². The molecule has 0 aliphatic heterocycles. The van der Waals surface area contributed by atoms with Crippen molar-refractivity contribution in [1.82, 2.24) is 10.3 Å². The first kappa shape index (κ1) is 14.0. The number of nitrogens with zero attached hydrogens (tertiary/aromatic N) is 1. The van der Waals surface area contributed by atoms with Crippen molar-refractivity contribution in [3.8, 4) is 0 Å². The Morgan fingerprint density at radius 2 is 2.00 bits per heavy atom. The Morgan fingerprint density at radius 1 is 1.32 bits per heavy atom. The van der Waals surface area contributed by atoms with Crippen molar-refractivity contribution in [2.24, 2.45) is 0 Å². The predicted molar refractivity (Wildman–Crippen MR) is 79.3 cm³/mol. The molecule has 2 rings (SSSR count). The largest absolute Gasteiger partial charge is 0.346 e. The van der Waals surface area contributed by atoms with Gasteiger partial charge in [-0.05, 0) is 52.7 Å². The number of carbonyl (C=O) groups is 1. The Bertz CT molecular complexity index is 586. The second-order valence-corrected chi connectivity index (χ2v) is 5.36.